The van der Waals surface area contributed by atoms with Gasteiger partial charge in [-0.2, -0.15) is 0 Å². The van der Waals surface area contributed by atoms with Crippen LogP contribution in [0.25, 0.3) is 0 Å². The molecule has 0 bridgehead atoms. The van der Waals surface area contributed by atoms with E-state index in [4.69, 9.17) is 5.73 Å². The summed E-state index contributed by atoms with van der Waals surface area (Å²) < 4.78 is 1.81. The fourth-order valence-electron chi connectivity index (χ4n) is 4.08. The van der Waals surface area contributed by atoms with E-state index >= 15 is 0 Å². The van der Waals surface area contributed by atoms with E-state index in [-0.39, 0.29) is 35.3 Å². The average molecular weight is 500 g/mol. The van der Waals surface area contributed by atoms with Gasteiger partial charge in [0.05, 0.1) is 16.4 Å². The zero-order valence-electron chi connectivity index (χ0n) is 19.0. The van der Waals surface area contributed by atoms with Crippen LogP contribution in [0.2, 0.25) is 0 Å². The SMILES string of the molecule is CC(Sc1ccc2c(c1)C(=O)N(C1CCC(=O)NC1=O)C2=O)C(=O)c1c(N)n(C)c(=O)n(C)c1=O. The molecule has 0 saturated carbocycles. The minimum atomic E-state index is -1.08. The van der Waals surface area contributed by atoms with E-state index in [0.717, 1.165) is 25.8 Å². The first kappa shape index (κ1) is 24.1. The minimum absolute atomic E-state index is 0.0121. The Balaban J connectivity index is 1.59. The molecule has 12 nitrogen and oxygen atoms in total. The van der Waals surface area contributed by atoms with Crippen molar-refractivity contribution >= 4 is 47.0 Å². The van der Waals surface area contributed by atoms with E-state index < -0.39 is 52.0 Å². The maximum atomic E-state index is 13.0. The molecule has 35 heavy (non-hydrogen) atoms. The highest BCUT2D eigenvalue weighted by Crippen LogP contribution is 2.33. The molecule has 1 fully saturated rings. The standard InChI is InChI=1S/C22H21N5O7S/c1-9(16(29)15-17(23)25(2)22(34)26(3)21(15)33)35-10-4-5-11-12(8-10)20(32)27(19(11)31)13-6-7-14(28)24-18(13)30/h4-5,8-9,13H,6-7,23H2,1-3H3,(H,24,28,30). The normalized spacial score (nSPS) is 18.5. The monoisotopic (exact) mass is 499 g/mol. The molecule has 2 aliphatic rings. The number of fused-ring (bicyclic) bond motifs is 1. The van der Waals surface area contributed by atoms with Crippen LogP contribution in [0, 0.1) is 0 Å². The van der Waals surface area contributed by atoms with Gasteiger partial charge in [0.2, 0.25) is 11.8 Å². The third-order valence-electron chi connectivity index (χ3n) is 6.05. The number of imide groups is 2. The number of hydrogen-bond donors (Lipinski definition) is 2. The Hall–Kier alpha value is -4.00. The maximum absolute atomic E-state index is 13.0. The Morgan fingerprint density at radius 2 is 1.71 bits per heavy atom. The molecule has 1 aromatic heterocycles. The van der Waals surface area contributed by atoms with Crippen LogP contribution in [0.15, 0.2) is 32.7 Å². The molecule has 3 heterocycles. The number of nitrogens with zero attached hydrogens (tertiary/aromatic N) is 3. The summed E-state index contributed by atoms with van der Waals surface area (Å²) in [5.41, 5.74) is 4.28. The number of carbonyl (C=O) groups is 5. The summed E-state index contributed by atoms with van der Waals surface area (Å²) in [4.78, 5) is 88.3. The first-order chi connectivity index (χ1) is 16.4. The zero-order valence-corrected chi connectivity index (χ0v) is 19.8. The first-order valence-electron chi connectivity index (χ1n) is 10.6. The third kappa shape index (κ3) is 3.87. The lowest BCUT2D eigenvalue weighted by Gasteiger charge is -2.27. The van der Waals surface area contributed by atoms with Gasteiger partial charge in [-0.1, -0.05) is 0 Å². The number of Topliss-reactive ketones (excluding diaryl/α,β-unsaturated/α-hetero) is 1. The van der Waals surface area contributed by atoms with Gasteiger partial charge < -0.3 is 5.73 Å². The van der Waals surface area contributed by atoms with Crippen molar-refractivity contribution in [3.8, 4) is 0 Å². The lowest BCUT2D eigenvalue weighted by molar-refractivity contribution is -0.136. The number of rotatable bonds is 5. The highest BCUT2D eigenvalue weighted by Gasteiger charge is 2.44. The second-order valence-corrected chi connectivity index (χ2v) is 9.66. The van der Waals surface area contributed by atoms with Gasteiger partial charge in [-0.05, 0) is 31.5 Å². The largest absolute Gasteiger partial charge is 0.384 e. The minimum Gasteiger partial charge on any atom is -0.384 e. The van der Waals surface area contributed by atoms with E-state index in [1.54, 1.807) is 13.0 Å². The van der Waals surface area contributed by atoms with Crippen molar-refractivity contribution in [2.75, 3.05) is 5.73 Å². The van der Waals surface area contributed by atoms with E-state index in [1.807, 2.05) is 0 Å². The smallest absolute Gasteiger partial charge is 0.332 e. The van der Waals surface area contributed by atoms with Crippen molar-refractivity contribution in [2.24, 2.45) is 14.1 Å². The number of amides is 4. The summed E-state index contributed by atoms with van der Waals surface area (Å²) in [5, 5.41) is 1.32. The van der Waals surface area contributed by atoms with Gasteiger partial charge in [0.1, 0.15) is 17.4 Å². The van der Waals surface area contributed by atoms with Gasteiger partial charge in [0, 0.05) is 25.4 Å². The quantitative estimate of drug-likeness (QED) is 0.311. The number of ketones is 1. The van der Waals surface area contributed by atoms with E-state index in [1.165, 1.54) is 26.2 Å². The zero-order chi connectivity index (χ0) is 25.8. The van der Waals surface area contributed by atoms with Crippen LogP contribution in [-0.4, -0.2) is 54.7 Å². The van der Waals surface area contributed by atoms with Crippen molar-refractivity contribution in [1.29, 1.82) is 0 Å². The van der Waals surface area contributed by atoms with Crippen molar-refractivity contribution in [2.45, 2.75) is 36.0 Å². The number of anilines is 1. The van der Waals surface area contributed by atoms with Gasteiger partial charge >= 0.3 is 5.69 Å². The number of carbonyl (C=O) groups excluding carboxylic acids is 5. The molecule has 2 atom stereocenters. The Morgan fingerprint density at radius 1 is 1.06 bits per heavy atom. The number of nitrogen functional groups attached to an aromatic ring is 1. The molecule has 3 N–H and O–H groups in total. The van der Waals surface area contributed by atoms with Crippen molar-refractivity contribution < 1.29 is 24.0 Å². The van der Waals surface area contributed by atoms with Crippen molar-refractivity contribution in [1.82, 2.24) is 19.4 Å². The van der Waals surface area contributed by atoms with Crippen molar-refractivity contribution in [3.63, 3.8) is 0 Å². The second kappa shape index (κ2) is 8.65. The number of aromatic nitrogens is 2. The number of nitrogens with one attached hydrogen (secondary N) is 1. The van der Waals surface area contributed by atoms with Gasteiger partial charge in [-0.25, -0.2) is 4.79 Å². The van der Waals surface area contributed by atoms with Crippen LogP contribution in [0.1, 0.15) is 50.8 Å². The molecular weight excluding hydrogens is 478 g/mol. The number of hydrogen-bond acceptors (Lipinski definition) is 9. The fraction of sp³-hybridized carbons (Fsp3) is 0.318. The topological polar surface area (TPSA) is 171 Å². The summed E-state index contributed by atoms with van der Waals surface area (Å²) in [6, 6.07) is 3.34. The van der Waals surface area contributed by atoms with Crippen LogP contribution < -0.4 is 22.3 Å². The molecule has 4 amide bonds. The van der Waals surface area contributed by atoms with Gasteiger partial charge in [-0.3, -0.25) is 48.1 Å². The molecule has 2 aliphatic heterocycles. The number of thioether (sulfide) groups is 1. The van der Waals surface area contributed by atoms with Gasteiger partial charge in [0.15, 0.2) is 5.78 Å². The van der Waals surface area contributed by atoms with E-state index in [9.17, 15) is 33.6 Å². The molecule has 182 valence electrons. The van der Waals surface area contributed by atoms with Crippen molar-refractivity contribution in [3.05, 3.63) is 55.7 Å². The molecule has 1 aromatic carbocycles. The highest BCUT2D eigenvalue weighted by atomic mass is 32.2. The average Bonchev–Trinajstić information content (AvgIpc) is 3.06. The lowest BCUT2D eigenvalue weighted by atomic mass is 10.0. The summed E-state index contributed by atoms with van der Waals surface area (Å²) >= 11 is 1.04. The molecule has 2 aromatic rings. The molecule has 1 saturated heterocycles. The third-order valence-corrected chi connectivity index (χ3v) is 7.14. The lowest BCUT2D eigenvalue weighted by Crippen LogP contribution is -2.54. The summed E-state index contributed by atoms with van der Waals surface area (Å²) in [6.07, 6.45) is 0.0530. The number of nitrogens with two attached hydrogens (primary N) is 1. The van der Waals surface area contributed by atoms with E-state index in [0.29, 0.717) is 4.90 Å². The maximum Gasteiger partial charge on any atom is 0.332 e. The predicted molar refractivity (Wildman–Crippen MR) is 124 cm³/mol. The van der Waals surface area contributed by atoms with Crippen LogP contribution >= 0.6 is 11.8 Å². The molecule has 2 unspecified atom stereocenters. The Kier molecular flexibility index (Phi) is 5.97. The Morgan fingerprint density at radius 3 is 2.37 bits per heavy atom. The van der Waals surface area contributed by atoms with Gasteiger partial charge in [-0.15, -0.1) is 11.8 Å². The van der Waals surface area contributed by atoms with Gasteiger partial charge in [0.25, 0.3) is 17.4 Å². The molecule has 0 aliphatic carbocycles. The molecule has 13 heteroatoms. The van der Waals surface area contributed by atoms with Crippen LogP contribution in [0.4, 0.5) is 5.82 Å². The second-order valence-electron chi connectivity index (χ2n) is 8.24. The fourth-order valence-corrected chi connectivity index (χ4v) is 5.04. The number of benzene rings is 1. The van der Waals surface area contributed by atoms with Crippen LogP contribution in [0.5, 0.6) is 0 Å². The summed E-state index contributed by atoms with van der Waals surface area (Å²) in [6.45, 7) is 1.55. The first-order valence-corrected chi connectivity index (χ1v) is 11.4. The van der Waals surface area contributed by atoms with Crippen LogP contribution in [-0.2, 0) is 23.7 Å². The van der Waals surface area contributed by atoms with Crippen LogP contribution in [0.3, 0.4) is 0 Å². The molecule has 0 spiro atoms. The Labute approximate surface area is 202 Å². The summed E-state index contributed by atoms with van der Waals surface area (Å²) in [7, 11) is 2.60. The van der Waals surface area contributed by atoms with E-state index in [2.05, 4.69) is 5.32 Å². The molecule has 4 rings (SSSR count). The summed E-state index contributed by atoms with van der Waals surface area (Å²) in [5.74, 6) is -3.32. The highest BCUT2D eigenvalue weighted by molar-refractivity contribution is 8.00. The molecular formula is C22H21N5O7S. The predicted octanol–water partition coefficient (Wildman–Crippen LogP) is -0.569. The number of piperidine rings is 1. The molecule has 0 radical (unpaired) electrons. The Bertz CT molecular complexity index is 1460.